The van der Waals surface area contributed by atoms with Gasteiger partial charge in [-0.05, 0) is 28.8 Å². The molecule has 0 aliphatic rings. The molecule has 10 heteroatoms. The van der Waals surface area contributed by atoms with Crippen LogP contribution in [0.3, 0.4) is 0 Å². The molecule has 0 radical (unpaired) electrons. The normalized spacial score (nSPS) is 13.0. The van der Waals surface area contributed by atoms with Crippen molar-refractivity contribution in [2.45, 2.75) is 23.7 Å². The molecule has 204 valence electrons. The highest BCUT2D eigenvalue weighted by atomic mass is 16.6. The molecule has 0 aliphatic heterocycles. The minimum absolute atomic E-state index is 0.00250. The van der Waals surface area contributed by atoms with Crippen molar-refractivity contribution in [3.63, 3.8) is 0 Å². The Labute approximate surface area is 236 Å². The van der Waals surface area contributed by atoms with E-state index in [1.807, 2.05) is 42.5 Å². The Bertz CT molecular complexity index is 1580. The minimum atomic E-state index is -1.62. The Morgan fingerprint density at radius 2 is 1.22 bits per heavy atom. The molecule has 1 heterocycles. The first-order chi connectivity index (χ1) is 19.7. The van der Waals surface area contributed by atoms with Crippen LogP contribution in [-0.4, -0.2) is 21.7 Å². The van der Waals surface area contributed by atoms with E-state index in [1.54, 1.807) is 48.7 Å². The van der Waals surface area contributed by atoms with Gasteiger partial charge in [-0.25, -0.2) is 0 Å². The first kappa shape index (κ1) is 29.7. The zero-order chi connectivity index (χ0) is 29.9. The van der Waals surface area contributed by atoms with Gasteiger partial charge >= 0.3 is 0 Å². The number of non-ortho nitro benzene ring substituents is 1. The number of nitro groups is 1. The van der Waals surface area contributed by atoms with Crippen LogP contribution in [0.1, 0.15) is 22.4 Å². The zero-order valence-electron chi connectivity index (χ0n) is 21.9. The highest BCUT2D eigenvalue weighted by Crippen LogP contribution is 2.29. The molecule has 0 saturated heterocycles. The zero-order valence-corrected chi connectivity index (χ0v) is 21.9. The Kier molecular flexibility index (Phi) is 9.61. The lowest BCUT2D eigenvalue weighted by Crippen LogP contribution is -2.42. The van der Waals surface area contributed by atoms with Crippen LogP contribution in [0, 0.1) is 32.8 Å². The number of carbonyl (C=O) groups excluding carboxylic acids is 2. The number of carbonyl (C=O) groups is 2. The lowest BCUT2D eigenvalue weighted by molar-refractivity contribution is -0.384. The van der Waals surface area contributed by atoms with Crippen LogP contribution in [0.25, 0.3) is 0 Å². The monoisotopic (exact) mass is 546 g/mol. The van der Waals surface area contributed by atoms with Gasteiger partial charge in [0.2, 0.25) is 11.8 Å². The van der Waals surface area contributed by atoms with Crippen LogP contribution in [-0.2, 0) is 33.3 Å². The molecule has 0 aliphatic carbocycles. The first-order valence-corrected chi connectivity index (χ1v) is 12.3. The molecule has 4 N–H and O–H groups in total. The second kappa shape index (κ2) is 13.3. The maximum atomic E-state index is 11.9. The van der Waals surface area contributed by atoms with Crippen LogP contribution in [0.15, 0.2) is 109 Å². The third kappa shape index (κ3) is 6.77. The molecular weight excluding hydrogens is 520 g/mol. The molecule has 1 aromatic heterocycles. The quantitative estimate of drug-likeness (QED) is 0.236. The summed E-state index contributed by atoms with van der Waals surface area (Å²) in [5.74, 6) is -1.44. The van der Waals surface area contributed by atoms with E-state index < -0.39 is 27.6 Å². The van der Waals surface area contributed by atoms with E-state index in [0.29, 0.717) is 16.8 Å². The minimum Gasteiger partial charge on any atom is -0.368 e. The van der Waals surface area contributed by atoms with Gasteiger partial charge in [0.25, 0.3) is 5.69 Å². The number of nitro benzene ring substituents is 1. The number of pyridine rings is 1. The molecule has 41 heavy (non-hydrogen) atoms. The summed E-state index contributed by atoms with van der Waals surface area (Å²) in [6, 6.07) is 32.8. The van der Waals surface area contributed by atoms with Gasteiger partial charge in [-0.3, -0.25) is 24.7 Å². The fourth-order valence-electron chi connectivity index (χ4n) is 4.25. The van der Waals surface area contributed by atoms with Gasteiger partial charge in [0.1, 0.15) is 0 Å². The summed E-state index contributed by atoms with van der Waals surface area (Å²) < 4.78 is 0. The molecule has 4 aromatic rings. The fourth-order valence-corrected chi connectivity index (χ4v) is 4.25. The van der Waals surface area contributed by atoms with Crippen LogP contribution < -0.4 is 11.5 Å². The summed E-state index contributed by atoms with van der Waals surface area (Å²) >= 11 is 0. The Morgan fingerprint density at radius 3 is 1.68 bits per heavy atom. The van der Waals surface area contributed by atoms with Crippen molar-refractivity contribution >= 4 is 17.5 Å². The average Bonchev–Trinajstić information content (AvgIpc) is 3.00. The second-order valence-corrected chi connectivity index (χ2v) is 9.09. The largest absolute Gasteiger partial charge is 0.368 e. The molecule has 0 fully saturated rings. The maximum absolute atomic E-state index is 11.9. The maximum Gasteiger partial charge on any atom is 0.269 e. The molecular formula is C31H26N6O4. The Hall–Kier alpha value is -5.87. The SMILES string of the molecule is N#CC(Cc1ccccc1)(C(N)=O)c1ccccc1.N#CC(Cc1ccccn1)(C(N)=O)c1ccc([N+](=O)[O-])cc1. The molecule has 4 rings (SSSR count). The number of rotatable bonds is 9. The van der Waals surface area contributed by atoms with E-state index in [-0.39, 0.29) is 18.5 Å². The summed E-state index contributed by atoms with van der Waals surface area (Å²) in [6.07, 6.45) is 1.83. The van der Waals surface area contributed by atoms with Crippen LogP contribution in [0.2, 0.25) is 0 Å². The Morgan fingerprint density at radius 1 is 0.732 bits per heavy atom. The lowest BCUT2D eigenvalue weighted by atomic mass is 9.76. The molecule has 2 atom stereocenters. The van der Waals surface area contributed by atoms with Gasteiger partial charge in [0.15, 0.2) is 10.8 Å². The number of benzene rings is 3. The van der Waals surface area contributed by atoms with Crippen molar-refractivity contribution in [3.8, 4) is 12.1 Å². The number of nitriles is 2. The number of nitrogens with two attached hydrogens (primary N) is 2. The van der Waals surface area contributed by atoms with Crippen LogP contribution >= 0.6 is 0 Å². The summed E-state index contributed by atoms with van der Waals surface area (Å²) in [5, 5.41) is 29.7. The number of aromatic nitrogens is 1. The van der Waals surface area contributed by atoms with E-state index >= 15 is 0 Å². The van der Waals surface area contributed by atoms with Crippen molar-refractivity contribution in [3.05, 3.63) is 142 Å². The lowest BCUT2D eigenvalue weighted by Gasteiger charge is -2.23. The number of primary amides is 2. The average molecular weight is 547 g/mol. The molecule has 0 spiro atoms. The molecule has 10 nitrogen and oxygen atoms in total. The second-order valence-electron chi connectivity index (χ2n) is 9.09. The third-order valence-electron chi connectivity index (χ3n) is 6.55. The van der Waals surface area contributed by atoms with Crippen molar-refractivity contribution in [1.82, 2.24) is 4.98 Å². The summed E-state index contributed by atoms with van der Waals surface area (Å²) in [7, 11) is 0. The van der Waals surface area contributed by atoms with E-state index in [2.05, 4.69) is 11.1 Å². The molecule has 0 saturated carbocycles. The first-order valence-electron chi connectivity index (χ1n) is 12.3. The van der Waals surface area contributed by atoms with Gasteiger partial charge < -0.3 is 11.5 Å². The van der Waals surface area contributed by atoms with Gasteiger partial charge in [0.05, 0.1) is 17.1 Å². The van der Waals surface area contributed by atoms with Gasteiger partial charge in [-0.15, -0.1) is 0 Å². The molecule has 0 bridgehead atoms. The van der Waals surface area contributed by atoms with Crippen molar-refractivity contribution in [1.29, 1.82) is 10.5 Å². The number of hydrogen-bond acceptors (Lipinski definition) is 7. The number of amides is 2. The summed E-state index contributed by atoms with van der Waals surface area (Å²) in [6.45, 7) is 0. The molecule has 3 aromatic carbocycles. The van der Waals surface area contributed by atoms with E-state index in [9.17, 15) is 30.2 Å². The standard InChI is InChI=1S/C16H14N2O.C15H12N4O3/c17-12-16(15(18)19,14-9-5-2-6-10-14)11-13-7-3-1-4-8-13;16-10-15(14(17)20,9-12-3-1-2-8-18-12)11-4-6-13(7-5-11)19(21)22/h1-10H,11H2,(H2,18,19);1-8H,9H2,(H2,17,20). The van der Waals surface area contributed by atoms with Crippen LogP contribution in [0.4, 0.5) is 5.69 Å². The van der Waals surface area contributed by atoms with E-state index in [1.165, 1.54) is 24.3 Å². The van der Waals surface area contributed by atoms with E-state index in [4.69, 9.17) is 11.5 Å². The fraction of sp³-hybridized carbons (Fsp3) is 0.129. The predicted molar refractivity (Wildman–Crippen MR) is 151 cm³/mol. The van der Waals surface area contributed by atoms with E-state index in [0.717, 1.165) is 5.56 Å². The van der Waals surface area contributed by atoms with Crippen molar-refractivity contribution in [2.24, 2.45) is 11.5 Å². The summed E-state index contributed by atoms with van der Waals surface area (Å²) in [5.41, 5.74) is 10.2. The topological polar surface area (TPSA) is 190 Å². The smallest absolute Gasteiger partial charge is 0.269 e. The highest BCUT2D eigenvalue weighted by Gasteiger charge is 2.40. The molecule has 2 amide bonds. The van der Waals surface area contributed by atoms with Crippen LogP contribution in [0.5, 0.6) is 0 Å². The highest BCUT2D eigenvalue weighted by molar-refractivity contribution is 5.91. The molecule has 2 unspecified atom stereocenters. The van der Waals surface area contributed by atoms with Crippen molar-refractivity contribution < 1.29 is 14.5 Å². The number of nitrogens with zero attached hydrogens (tertiary/aromatic N) is 4. The van der Waals surface area contributed by atoms with Gasteiger partial charge in [0, 0.05) is 36.9 Å². The number of hydrogen-bond donors (Lipinski definition) is 2. The predicted octanol–water partition coefficient (Wildman–Crippen LogP) is 3.66. The summed E-state index contributed by atoms with van der Waals surface area (Å²) in [4.78, 5) is 38.0. The van der Waals surface area contributed by atoms with Crippen molar-refractivity contribution in [2.75, 3.05) is 0 Å². The Balaban J connectivity index is 0.000000228. The third-order valence-corrected chi connectivity index (χ3v) is 6.55. The van der Waals surface area contributed by atoms with Gasteiger partial charge in [-0.1, -0.05) is 78.9 Å². The van der Waals surface area contributed by atoms with Gasteiger partial charge in [-0.2, -0.15) is 10.5 Å².